The second kappa shape index (κ2) is 9.18. The minimum atomic E-state index is -0.937. The van der Waals surface area contributed by atoms with Crippen molar-refractivity contribution in [3.63, 3.8) is 0 Å². The maximum atomic E-state index is 11.2. The molecule has 4 rings (SSSR count). The number of carboxylic acid groups (broad SMARTS) is 1. The molecule has 1 fully saturated rings. The van der Waals surface area contributed by atoms with E-state index in [4.69, 9.17) is 37.8 Å². The van der Waals surface area contributed by atoms with Gasteiger partial charge in [-0.1, -0.05) is 35.3 Å². The summed E-state index contributed by atoms with van der Waals surface area (Å²) in [5.41, 5.74) is 2.83. The fourth-order valence-corrected chi connectivity index (χ4v) is 4.46. The quantitative estimate of drug-likeness (QED) is 0.383. The molecule has 2 aromatic carbocycles. The highest BCUT2D eigenvalue weighted by Crippen LogP contribution is 2.33. The summed E-state index contributed by atoms with van der Waals surface area (Å²) in [5.74, 6) is -0.937. The van der Waals surface area contributed by atoms with Gasteiger partial charge < -0.3 is 19.1 Å². The summed E-state index contributed by atoms with van der Waals surface area (Å²) in [7, 11) is 1.97. The molecule has 0 amide bonds. The van der Waals surface area contributed by atoms with Gasteiger partial charge in [-0.05, 0) is 48.7 Å². The summed E-state index contributed by atoms with van der Waals surface area (Å²) >= 11 is 12.5. The van der Waals surface area contributed by atoms with Crippen LogP contribution in [0.5, 0.6) is 0 Å². The first-order valence-electron chi connectivity index (χ1n) is 10.1. The van der Waals surface area contributed by atoms with Crippen molar-refractivity contribution in [2.45, 2.75) is 25.0 Å². The van der Waals surface area contributed by atoms with Gasteiger partial charge in [0.15, 0.2) is 0 Å². The van der Waals surface area contributed by atoms with Gasteiger partial charge in [0.05, 0.1) is 41.1 Å². The highest BCUT2D eigenvalue weighted by atomic mass is 35.5. The summed E-state index contributed by atoms with van der Waals surface area (Å²) in [6, 6.07) is 12.7. The van der Waals surface area contributed by atoms with Crippen LogP contribution in [0.15, 0.2) is 42.5 Å². The van der Waals surface area contributed by atoms with Crippen molar-refractivity contribution in [2.75, 3.05) is 19.9 Å². The standard InChI is InChI=1S/C23H24Cl2N2O4/c1-27-17(11-18-20(27)8-7-19(24)21(18)25)12-31-14-26-23(9-2-10-30-13-23)16-5-3-15(4-6-16)22(28)29/h3-8,11,26H,2,9-10,12-14H2,1H3,(H,28,29). The molecular formula is C23H24Cl2N2O4. The van der Waals surface area contributed by atoms with Crippen molar-refractivity contribution in [3.8, 4) is 0 Å². The van der Waals surface area contributed by atoms with Crippen LogP contribution in [0.25, 0.3) is 10.9 Å². The van der Waals surface area contributed by atoms with Crippen molar-refractivity contribution < 1.29 is 19.4 Å². The van der Waals surface area contributed by atoms with Crippen LogP contribution in [0, 0.1) is 0 Å². The zero-order chi connectivity index (χ0) is 22.0. The molecule has 6 nitrogen and oxygen atoms in total. The van der Waals surface area contributed by atoms with Gasteiger partial charge in [0.1, 0.15) is 0 Å². The van der Waals surface area contributed by atoms with Gasteiger partial charge in [0.2, 0.25) is 0 Å². The number of fused-ring (bicyclic) bond motifs is 1. The number of carbonyl (C=O) groups is 1. The van der Waals surface area contributed by atoms with E-state index in [2.05, 4.69) is 5.32 Å². The molecule has 1 unspecified atom stereocenters. The number of nitrogens with zero attached hydrogens (tertiary/aromatic N) is 1. The third-order valence-electron chi connectivity index (χ3n) is 5.90. The molecular weight excluding hydrogens is 439 g/mol. The van der Waals surface area contributed by atoms with Gasteiger partial charge in [0.25, 0.3) is 0 Å². The molecule has 31 heavy (non-hydrogen) atoms. The van der Waals surface area contributed by atoms with E-state index in [9.17, 15) is 4.79 Å². The Morgan fingerprint density at radius 1 is 1.26 bits per heavy atom. The number of aryl methyl sites for hydroxylation is 1. The second-order valence-corrected chi connectivity index (χ2v) is 8.56. The molecule has 8 heteroatoms. The van der Waals surface area contributed by atoms with Crippen molar-refractivity contribution >= 4 is 40.1 Å². The number of hydrogen-bond acceptors (Lipinski definition) is 4. The maximum absolute atomic E-state index is 11.2. The van der Waals surface area contributed by atoms with Crippen LogP contribution in [-0.2, 0) is 28.7 Å². The van der Waals surface area contributed by atoms with Crippen LogP contribution in [-0.4, -0.2) is 35.6 Å². The third kappa shape index (κ3) is 4.45. The zero-order valence-electron chi connectivity index (χ0n) is 17.2. The van der Waals surface area contributed by atoms with Crippen LogP contribution in [0.4, 0.5) is 0 Å². The summed E-state index contributed by atoms with van der Waals surface area (Å²) < 4.78 is 13.7. The molecule has 1 aliphatic heterocycles. The molecule has 164 valence electrons. The van der Waals surface area contributed by atoms with E-state index in [1.54, 1.807) is 18.2 Å². The first-order chi connectivity index (χ1) is 14.9. The fraction of sp³-hybridized carbons (Fsp3) is 0.348. The van der Waals surface area contributed by atoms with Crippen molar-refractivity contribution in [3.05, 3.63) is 69.3 Å². The van der Waals surface area contributed by atoms with E-state index < -0.39 is 11.5 Å². The van der Waals surface area contributed by atoms with Crippen LogP contribution in [0.2, 0.25) is 10.0 Å². The lowest BCUT2D eigenvalue weighted by atomic mass is 9.84. The summed E-state index contributed by atoms with van der Waals surface area (Å²) in [5, 5.41) is 14.6. The lowest BCUT2D eigenvalue weighted by molar-refractivity contribution is -0.00934. The number of hydrogen-bond donors (Lipinski definition) is 2. The molecule has 0 aliphatic carbocycles. The van der Waals surface area contributed by atoms with E-state index in [0.29, 0.717) is 30.0 Å². The van der Waals surface area contributed by atoms with Crippen molar-refractivity contribution in [1.82, 2.24) is 9.88 Å². The predicted molar refractivity (Wildman–Crippen MR) is 121 cm³/mol. The smallest absolute Gasteiger partial charge is 0.335 e. The largest absolute Gasteiger partial charge is 0.478 e. The lowest BCUT2D eigenvalue weighted by Gasteiger charge is -2.38. The highest BCUT2D eigenvalue weighted by Gasteiger charge is 2.34. The summed E-state index contributed by atoms with van der Waals surface area (Å²) in [6.07, 6.45) is 1.79. The first-order valence-corrected chi connectivity index (χ1v) is 10.8. The fourth-order valence-electron chi connectivity index (χ4n) is 4.08. The molecule has 0 spiro atoms. The number of benzene rings is 2. The van der Waals surface area contributed by atoms with E-state index >= 15 is 0 Å². The van der Waals surface area contributed by atoms with E-state index in [1.165, 1.54) is 0 Å². The number of aromatic nitrogens is 1. The number of rotatable bonds is 7. The molecule has 2 N–H and O–H groups in total. The van der Waals surface area contributed by atoms with Crippen LogP contribution in [0.1, 0.15) is 34.5 Å². The Kier molecular flexibility index (Phi) is 6.55. The van der Waals surface area contributed by atoms with Crippen LogP contribution < -0.4 is 5.32 Å². The van der Waals surface area contributed by atoms with E-state index in [0.717, 1.165) is 41.6 Å². The van der Waals surface area contributed by atoms with Gasteiger partial charge in [-0.15, -0.1) is 0 Å². The minimum absolute atomic E-state index is 0.265. The Bertz CT molecular complexity index is 1090. The zero-order valence-corrected chi connectivity index (χ0v) is 18.7. The van der Waals surface area contributed by atoms with E-state index in [-0.39, 0.29) is 5.56 Å². The summed E-state index contributed by atoms with van der Waals surface area (Å²) in [6.45, 7) is 1.95. The number of halogens is 2. The molecule has 0 bridgehead atoms. The Balaban J connectivity index is 1.45. The number of ether oxygens (including phenoxy) is 2. The topological polar surface area (TPSA) is 72.7 Å². The number of carboxylic acids is 1. The Labute approximate surface area is 190 Å². The molecule has 1 aliphatic rings. The molecule has 2 heterocycles. The van der Waals surface area contributed by atoms with Crippen LogP contribution >= 0.6 is 23.2 Å². The SMILES string of the molecule is Cn1c(COCNC2(c3ccc(C(=O)O)cc3)CCCOC2)cc2c(Cl)c(Cl)ccc21. The predicted octanol–water partition coefficient (Wildman–Crippen LogP) is 4.95. The monoisotopic (exact) mass is 462 g/mol. The van der Waals surface area contributed by atoms with Gasteiger partial charge in [-0.3, -0.25) is 5.32 Å². The second-order valence-electron chi connectivity index (χ2n) is 7.78. The normalized spacial score (nSPS) is 19.1. The molecule has 0 saturated carbocycles. The van der Waals surface area contributed by atoms with Gasteiger partial charge >= 0.3 is 5.97 Å². The number of nitrogens with one attached hydrogen (secondary N) is 1. The molecule has 3 aromatic rings. The lowest BCUT2D eigenvalue weighted by Crippen LogP contribution is -2.49. The maximum Gasteiger partial charge on any atom is 0.335 e. The Morgan fingerprint density at radius 2 is 2.03 bits per heavy atom. The molecule has 1 aromatic heterocycles. The Hall–Kier alpha value is -2.09. The van der Waals surface area contributed by atoms with Crippen molar-refractivity contribution in [1.29, 1.82) is 0 Å². The van der Waals surface area contributed by atoms with Gasteiger partial charge in [-0.2, -0.15) is 0 Å². The molecule has 1 atom stereocenters. The van der Waals surface area contributed by atoms with Gasteiger partial charge in [-0.25, -0.2) is 4.79 Å². The number of aromatic carboxylic acids is 1. The molecule has 1 saturated heterocycles. The average Bonchev–Trinajstić information content (AvgIpc) is 3.11. The summed E-state index contributed by atoms with van der Waals surface area (Å²) in [4.78, 5) is 11.2. The molecule has 0 radical (unpaired) electrons. The first kappa shape index (κ1) is 22.1. The van der Waals surface area contributed by atoms with Gasteiger partial charge in [0, 0.05) is 30.3 Å². The van der Waals surface area contributed by atoms with Crippen LogP contribution in [0.3, 0.4) is 0 Å². The third-order valence-corrected chi connectivity index (χ3v) is 6.72. The average molecular weight is 463 g/mol. The minimum Gasteiger partial charge on any atom is -0.478 e. The highest BCUT2D eigenvalue weighted by molar-refractivity contribution is 6.45. The van der Waals surface area contributed by atoms with E-state index in [1.807, 2.05) is 35.9 Å². The van der Waals surface area contributed by atoms with Crippen molar-refractivity contribution in [2.24, 2.45) is 7.05 Å². The Morgan fingerprint density at radius 3 is 2.71 bits per heavy atom.